The van der Waals surface area contributed by atoms with Crippen molar-refractivity contribution in [1.29, 1.82) is 0 Å². The average Bonchev–Trinajstić information content (AvgIpc) is 3.29. The summed E-state index contributed by atoms with van der Waals surface area (Å²) in [7, 11) is 0. The van der Waals surface area contributed by atoms with Crippen LogP contribution in [0.5, 0.6) is 5.75 Å². The van der Waals surface area contributed by atoms with Gasteiger partial charge in [0.1, 0.15) is 12.4 Å². The lowest BCUT2D eigenvalue weighted by Crippen LogP contribution is -1.95. The first-order valence-electron chi connectivity index (χ1n) is 6.77. The van der Waals surface area contributed by atoms with Crippen molar-refractivity contribution in [3.63, 3.8) is 0 Å². The third kappa shape index (κ3) is 3.83. The minimum absolute atomic E-state index is 0.508. The van der Waals surface area contributed by atoms with E-state index in [1.165, 1.54) is 11.1 Å². The first kappa shape index (κ1) is 12.2. The maximum Gasteiger partial charge on any atom is 0.119 e. The number of benzene rings is 2. The van der Waals surface area contributed by atoms with Gasteiger partial charge in [-0.2, -0.15) is 0 Å². The Morgan fingerprint density at radius 1 is 0.947 bits per heavy atom. The number of epoxide rings is 1. The standard InChI is InChI=1S/C17H18O2/c1-2-4-15(5-3-1)12-18-16-9-6-14(7-10-16)8-11-17-13-19-17/h1-7,9-10,17H,8,11-13H2. The van der Waals surface area contributed by atoms with Crippen LogP contribution in [0.25, 0.3) is 0 Å². The van der Waals surface area contributed by atoms with Gasteiger partial charge < -0.3 is 9.47 Å². The second-order valence-corrected chi connectivity index (χ2v) is 4.91. The Labute approximate surface area is 114 Å². The molecule has 2 heteroatoms. The molecule has 0 N–H and O–H groups in total. The normalized spacial score (nSPS) is 17.2. The molecular weight excluding hydrogens is 236 g/mol. The van der Waals surface area contributed by atoms with Crippen LogP contribution < -0.4 is 4.74 Å². The molecule has 0 aromatic heterocycles. The summed E-state index contributed by atoms with van der Waals surface area (Å²) < 4.78 is 11.0. The van der Waals surface area contributed by atoms with Crippen molar-refractivity contribution in [3.05, 3.63) is 65.7 Å². The Hall–Kier alpha value is -1.80. The van der Waals surface area contributed by atoms with Crippen molar-refractivity contribution in [2.75, 3.05) is 6.61 Å². The lowest BCUT2D eigenvalue weighted by atomic mass is 10.1. The summed E-state index contributed by atoms with van der Waals surface area (Å²) >= 11 is 0. The highest BCUT2D eigenvalue weighted by molar-refractivity contribution is 5.28. The number of ether oxygens (including phenoxy) is 2. The fraction of sp³-hybridized carbons (Fsp3) is 0.294. The van der Waals surface area contributed by atoms with Gasteiger partial charge in [-0.05, 0) is 36.1 Å². The maximum atomic E-state index is 5.76. The largest absolute Gasteiger partial charge is 0.489 e. The summed E-state index contributed by atoms with van der Waals surface area (Å²) in [5.74, 6) is 0.926. The molecule has 2 nitrogen and oxygen atoms in total. The van der Waals surface area contributed by atoms with E-state index in [0.29, 0.717) is 12.7 Å². The van der Waals surface area contributed by atoms with Gasteiger partial charge in [0, 0.05) is 0 Å². The van der Waals surface area contributed by atoms with Gasteiger partial charge in [0.2, 0.25) is 0 Å². The Balaban J connectivity index is 1.50. The van der Waals surface area contributed by atoms with Crippen molar-refractivity contribution in [1.82, 2.24) is 0 Å². The van der Waals surface area contributed by atoms with E-state index in [4.69, 9.17) is 9.47 Å². The van der Waals surface area contributed by atoms with Crippen LogP contribution in [0, 0.1) is 0 Å². The molecule has 1 saturated heterocycles. The van der Waals surface area contributed by atoms with E-state index in [0.717, 1.165) is 25.2 Å². The third-order valence-electron chi connectivity index (χ3n) is 3.33. The van der Waals surface area contributed by atoms with E-state index in [1.807, 2.05) is 30.3 Å². The minimum atomic E-state index is 0.508. The number of hydrogen-bond acceptors (Lipinski definition) is 2. The summed E-state index contributed by atoms with van der Waals surface area (Å²) in [5.41, 5.74) is 2.54. The second-order valence-electron chi connectivity index (χ2n) is 4.91. The van der Waals surface area contributed by atoms with Crippen LogP contribution in [-0.4, -0.2) is 12.7 Å². The highest BCUT2D eigenvalue weighted by Crippen LogP contribution is 2.19. The quantitative estimate of drug-likeness (QED) is 0.735. The average molecular weight is 254 g/mol. The van der Waals surface area contributed by atoms with Crippen LogP contribution >= 0.6 is 0 Å². The first-order chi connectivity index (χ1) is 9.40. The summed E-state index contributed by atoms with van der Waals surface area (Å²) in [4.78, 5) is 0. The van der Waals surface area contributed by atoms with Gasteiger partial charge in [-0.15, -0.1) is 0 Å². The van der Waals surface area contributed by atoms with Crippen LogP contribution in [0.1, 0.15) is 17.5 Å². The van der Waals surface area contributed by atoms with Gasteiger partial charge in [0.05, 0.1) is 12.7 Å². The molecular formula is C17H18O2. The Kier molecular flexibility index (Phi) is 3.80. The highest BCUT2D eigenvalue weighted by atomic mass is 16.6. The van der Waals surface area contributed by atoms with Crippen LogP contribution in [-0.2, 0) is 17.8 Å². The molecule has 2 aromatic rings. The van der Waals surface area contributed by atoms with E-state index in [9.17, 15) is 0 Å². The van der Waals surface area contributed by atoms with Crippen molar-refractivity contribution in [2.24, 2.45) is 0 Å². The van der Waals surface area contributed by atoms with Crippen LogP contribution in [0.4, 0.5) is 0 Å². The van der Waals surface area contributed by atoms with Crippen LogP contribution in [0.3, 0.4) is 0 Å². The number of rotatable bonds is 6. The molecule has 1 fully saturated rings. The van der Waals surface area contributed by atoms with Gasteiger partial charge in [-0.1, -0.05) is 42.5 Å². The lowest BCUT2D eigenvalue weighted by Gasteiger charge is -2.07. The van der Waals surface area contributed by atoms with Gasteiger partial charge in [-0.25, -0.2) is 0 Å². The highest BCUT2D eigenvalue weighted by Gasteiger charge is 2.21. The third-order valence-corrected chi connectivity index (χ3v) is 3.33. The lowest BCUT2D eigenvalue weighted by molar-refractivity contribution is 0.306. The maximum absolute atomic E-state index is 5.76. The van der Waals surface area contributed by atoms with Crippen molar-refractivity contribution < 1.29 is 9.47 Å². The minimum Gasteiger partial charge on any atom is -0.489 e. The van der Waals surface area contributed by atoms with Crippen LogP contribution in [0.2, 0.25) is 0 Å². The Bertz CT molecular complexity index is 501. The molecule has 0 radical (unpaired) electrons. The smallest absolute Gasteiger partial charge is 0.119 e. The van der Waals surface area contributed by atoms with Gasteiger partial charge in [0.15, 0.2) is 0 Å². The van der Waals surface area contributed by atoms with Crippen molar-refractivity contribution in [3.8, 4) is 5.75 Å². The zero-order chi connectivity index (χ0) is 12.9. The Morgan fingerprint density at radius 3 is 2.37 bits per heavy atom. The molecule has 0 spiro atoms. The summed E-state index contributed by atoms with van der Waals surface area (Å²) in [5, 5.41) is 0. The molecule has 1 heterocycles. The fourth-order valence-electron chi connectivity index (χ4n) is 2.06. The molecule has 1 aliphatic heterocycles. The van der Waals surface area contributed by atoms with Gasteiger partial charge in [0.25, 0.3) is 0 Å². The second kappa shape index (κ2) is 5.89. The molecule has 1 atom stereocenters. The van der Waals surface area contributed by atoms with E-state index >= 15 is 0 Å². The van der Waals surface area contributed by atoms with E-state index in [-0.39, 0.29) is 0 Å². The van der Waals surface area contributed by atoms with E-state index in [2.05, 4.69) is 24.3 Å². The molecule has 0 amide bonds. The van der Waals surface area contributed by atoms with Crippen molar-refractivity contribution >= 4 is 0 Å². The molecule has 0 saturated carbocycles. The predicted molar refractivity (Wildman–Crippen MR) is 75.3 cm³/mol. The molecule has 19 heavy (non-hydrogen) atoms. The fourth-order valence-corrected chi connectivity index (χ4v) is 2.06. The van der Waals surface area contributed by atoms with Crippen LogP contribution in [0.15, 0.2) is 54.6 Å². The summed E-state index contributed by atoms with van der Waals surface area (Å²) in [6.07, 6.45) is 2.72. The van der Waals surface area contributed by atoms with Gasteiger partial charge in [-0.3, -0.25) is 0 Å². The molecule has 1 aliphatic rings. The molecule has 2 aromatic carbocycles. The number of aryl methyl sites for hydroxylation is 1. The zero-order valence-corrected chi connectivity index (χ0v) is 10.9. The summed E-state index contributed by atoms with van der Waals surface area (Å²) in [6, 6.07) is 18.6. The van der Waals surface area contributed by atoms with Gasteiger partial charge >= 0.3 is 0 Å². The predicted octanol–water partition coefficient (Wildman–Crippen LogP) is 3.60. The first-order valence-corrected chi connectivity index (χ1v) is 6.77. The molecule has 0 aliphatic carbocycles. The SMILES string of the molecule is c1ccc(COc2ccc(CCC3CO3)cc2)cc1. The molecule has 1 unspecified atom stereocenters. The van der Waals surface area contributed by atoms with E-state index < -0.39 is 0 Å². The molecule has 3 rings (SSSR count). The topological polar surface area (TPSA) is 21.8 Å². The summed E-state index contributed by atoms with van der Waals surface area (Å²) in [6.45, 7) is 1.56. The monoisotopic (exact) mass is 254 g/mol. The molecule has 0 bridgehead atoms. The Morgan fingerprint density at radius 2 is 1.68 bits per heavy atom. The van der Waals surface area contributed by atoms with E-state index in [1.54, 1.807) is 0 Å². The number of hydrogen-bond donors (Lipinski definition) is 0. The molecule has 98 valence electrons. The zero-order valence-electron chi connectivity index (χ0n) is 10.9. The van der Waals surface area contributed by atoms with Crippen molar-refractivity contribution in [2.45, 2.75) is 25.6 Å².